The molecule has 1 saturated heterocycles. The third kappa shape index (κ3) is 3.59. The van der Waals surface area contributed by atoms with Crippen molar-refractivity contribution >= 4 is 23.3 Å². The van der Waals surface area contributed by atoms with Crippen LogP contribution in [0.1, 0.15) is 12.8 Å². The Morgan fingerprint density at radius 1 is 1.33 bits per heavy atom. The Morgan fingerprint density at radius 2 is 1.95 bits per heavy atom. The molecule has 2 N–H and O–H groups in total. The van der Waals surface area contributed by atoms with Crippen molar-refractivity contribution < 1.29 is 23.1 Å². The first kappa shape index (κ1) is 15.9. The number of anilines is 1. The maximum atomic E-state index is 12.7. The molecule has 0 unspecified atom stereocenters. The van der Waals surface area contributed by atoms with E-state index in [0.717, 1.165) is 0 Å². The van der Waals surface area contributed by atoms with Crippen LogP contribution in [0.25, 0.3) is 0 Å². The summed E-state index contributed by atoms with van der Waals surface area (Å²) in [5.41, 5.74) is -2.25. The van der Waals surface area contributed by atoms with E-state index in [2.05, 4.69) is 5.32 Å². The Kier molecular flexibility index (Phi) is 4.34. The number of alkyl halides is 3. The Labute approximate surface area is 124 Å². The number of aliphatic hydroxyl groups is 1. The molecule has 4 nitrogen and oxygen atoms in total. The van der Waals surface area contributed by atoms with Crippen molar-refractivity contribution in [1.82, 2.24) is 4.90 Å². The van der Waals surface area contributed by atoms with Gasteiger partial charge in [0, 0.05) is 36.6 Å². The number of nitrogens with zero attached hydrogens (tertiary/aromatic N) is 1. The largest absolute Gasteiger partial charge is 0.417 e. The highest BCUT2D eigenvalue weighted by molar-refractivity contribution is 6.30. The third-order valence-corrected chi connectivity index (χ3v) is 3.72. The molecule has 0 radical (unpaired) electrons. The molecule has 0 spiro atoms. The van der Waals surface area contributed by atoms with Gasteiger partial charge in [-0.05, 0) is 18.2 Å². The van der Waals surface area contributed by atoms with Crippen LogP contribution in [0.2, 0.25) is 5.02 Å². The number of carbonyl (C=O) groups excluding carboxylic acids is 1. The smallest absolute Gasteiger partial charge is 0.380 e. The first-order valence-electron chi connectivity index (χ1n) is 6.32. The van der Waals surface area contributed by atoms with Gasteiger partial charge in [0.25, 0.3) is 0 Å². The van der Waals surface area contributed by atoms with Gasteiger partial charge >= 0.3 is 12.2 Å². The molecule has 0 saturated carbocycles. The quantitative estimate of drug-likeness (QED) is 0.834. The zero-order valence-electron chi connectivity index (χ0n) is 11.0. The van der Waals surface area contributed by atoms with Gasteiger partial charge in [0.2, 0.25) is 0 Å². The number of hydrogen-bond acceptors (Lipinski definition) is 2. The van der Waals surface area contributed by atoms with E-state index in [9.17, 15) is 23.1 Å². The molecule has 0 aromatic heterocycles. The first-order valence-corrected chi connectivity index (χ1v) is 6.70. The van der Waals surface area contributed by atoms with Crippen LogP contribution in [-0.2, 0) is 0 Å². The zero-order valence-corrected chi connectivity index (χ0v) is 11.7. The maximum absolute atomic E-state index is 12.7. The number of urea groups is 1. The SMILES string of the molecule is O=C(Nc1cccc(Cl)c1)N1CCC(O)(C(F)(F)F)CC1. The standard InChI is InChI=1S/C13H14ClF3N2O2/c14-9-2-1-3-10(8-9)18-11(20)19-6-4-12(21,5-7-19)13(15,16)17/h1-3,8,21H,4-7H2,(H,18,20). The monoisotopic (exact) mass is 322 g/mol. The summed E-state index contributed by atoms with van der Waals surface area (Å²) in [5, 5.41) is 12.5. The highest BCUT2D eigenvalue weighted by atomic mass is 35.5. The van der Waals surface area contributed by atoms with Crippen LogP contribution in [0.4, 0.5) is 23.7 Å². The molecule has 1 aliphatic heterocycles. The van der Waals surface area contributed by atoms with Gasteiger partial charge in [-0.2, -0.15) is 13.2 Å². The molecule has 1 aromatic carbocycles. The fraction of sp³-hybridized carbons (Fsp3) is 0.462. The van der Waals surface area contributed by atoms with Gasteiger partial charge in [-0.3, -0.25) is 0 Å². The third-order valence-electron chi connectivity index (χ3n) is 3.48. The molecule has 2 amide bonds. The Hall–Kier alpha value is -1.47. The molecule has 8 heteroatoms. The van der Waals surface area contributed by atoms with Gasteiger partial charge < -0.3 is 15.3 Å². The zero-order chi connectivity index (χ0) is 15.7. The number of rotatable bonds is 1. The molecule has 1 aliphatic rings. The minimum atomic E-state index is -4.68. The Balaban J connectivity index is 1.95. The summed E-state index contributed by atoms with van der Waals surface area (Å²) in [6.07, 6.45) is -5.73. The molecule has 0 bridgehead atoms. The summed E-state index contributed by atoms with van der Waals surface area (Å²) in [5.74, 6) is 0. The molecular formula is C13H14ClF3N2O2. The highest BCUT2D eigenvalue weighted by Crippen LogP contribution is 2.38. The molecule has 1 aromatic rings. The van der Waals surface area contributed by atoms with Crippen molar-refractivity contribution in [3.63, 3.8) is 0 Å². The number of carbonyl (C=O) groups is 1. The second kappa shape index (κ2) is 5.73. The highest BCUT2D eigenvalue weighted by Gasteiger charge is 2.54. The van der Waals surface area contributed by atoms with Crippen LogP contribution in [0.15, 0.2) is 24.3 Å². The lowest BCUT2D eigenvalue weighted by Gasteiger charge is -2.38. The van der Waals surface area contributed by atoms with E-state index in [4.69, 9.17) is 11.6 Å². The topological polar surface area (TPSA) is 52.6 Å². The summed E-state index contributed by atoms with van der Waals surface area (Å²) >= 11 is 5.78. The fourth-order valence-electron chi connectivity index (χ4n) is 2.13. The summed E-state index contributed by atoms with van der Waals surface area (Å²) in [7, 11) is 0. The van der Waals surface area contributed by atoms with Crippen LogP contribution < -0.4 is 5.32 Å². The maximum Gasteiger partial charge on any atom is 0.417 e. The van der Waals surface area contributed by atoms with Crippen molar-refractivity contribution in [1.29, 1.82) is 0 Å². The molecule has 0 aliphatic carbocycles. The number of benzene rings is 1. The fourth-order valence-corrected chi connectivity index (χ4v) is 2.32. The number of likely N-dealkylation sites (tertiary alicyclic amines) is 1. The average Bonchev–Trinajstić information content (AvgIpc) is 2.38. The summed E-state index contributed by atoms with van der Waals surface area (Å²) in [4.78, 5) is 13.2. The van der Waals surface area contributed by atoms with E-state index in [1.54, 1.807) is 18.2 Å². The molecule has 1 heterocycles. The van der Waals surface area contributed by atoms with Gasteiger partial charge in [-0.1, -0.05) is 17.7 Å². The van der Waals surface area contributed by atoms with E-state index < -0.39 is 30.7 Å². The molecule has 2 rings (SSSR count). The Bertz CT molecular complexity index is 528. The summed E-state index contributed by atoms with van der Waals surface area (Å²) < 4.78 is 38.0. The van der Waals surface area contributed by atoms with Crippen LogP contribution >= 0.6 is 11.6 Å². The van der Waals surface area contributed by atoms with Gasteiger partial charge in [-0.25, -0.2) is 4.79 Å². The van der Waals surface area contributed by atoms with E-state index >= 15 is 0 Å². The summed E-state index contributed by atoms with van der Waals surface area (Å²) in [6.45, 7) is -0.329. The molecule has 1 fully saturated rings. The van der Waals surface area contributed by atoms with Crippen LogP contribution in [0.3, 0.4) is 0 Å². The van der Waals surface area contributed by atoms with Crippen LogP contribution in [0, 0.1) is 0 Å². The lowest BCUT2D eigenvalue weighted by Crippen LogP contribution is -2.55. The molecule has 21 heavy (non-hydrogen) atoms. The second-order valence-corrected chi connectivity index (χ2v) is 5.39. The minimum Gasteiger partial charge on any atom is -0.380 e. The Morgan fingerprint density at radius 3 is 2.48 bits per heavy atom. The van der Waals surface area contributed by atoms with Crippen LogP contribution in [0.5, 0.6) is 0 Å². The van der Waals surface area contributed by atoms with E-state index in [0.29, 0.717) is 10.7 Å². The van der Waals surface area contributed by atoms with Gasteiger partial charge in [0.05, 0.1) is 0 Å². The van der Waals surface area contributed by atoms with Crippen molar-refractivity contribution in [3.05, 3.63) is 29.3 Å². The first-order chi connectivity index (χ1) is 9.71. The molecule has 116 valence electrons. The average molecular weight is 323 g/mol. The van der Waals surface area contributed by atoms with Crippen molar-refractivity contribution in [2.45, 2.75) is 24.6 Å². The number of halogens is 4. The molecular weight excluding hydrogens is 309 g/mol. The number of hydrogen-bond donors (Lipinski definition) is 2. The lowest BCUT2D eigenvalue weighted by atomic mass is 9.91. The number of nitrogens with one attached hydrogen (secondary N) is 1. The lowest BCUT2D eigenvalue weighted by molar-refractivity contribution is -0.271. The van der Waals surface area contributed by atoms with Crippen molar-refractivity contribution in [2.24, 2.45) is 0 Å². The predicted molar refractivity (Wildman–Crippen MR) is 72.3 cm³/mol. The van der Waals surface area contributed by atoms with E-state index in [-0.39, 0.29) is 13.1 Å². The van der Waals surface area contributed by atoms with E-state index in [1.807, 2.05) is 0 Å². The minimum absolute atomic E-state index is 0.164. The van der Waals surface area contributed by atoms with Crippen LogP contribution in [-0.4, -0.2) is 40.9 Å². The predicted octanol–water partition coefficient (Wildman–Crippen LogP) is 3.26. The van der Waals surface area contributed by atoms with Gasteiger partial charge in [0.15, 0.2) is 5.60 Å². The number of piperidine rings is 1. The second-order valence-electron chi connectivity index (χ2n) is 4.96. The normalized spacial score (nSPS) is 18.4. The van der Waals surface area contributed by atoms with Crippen molar-refractivity contribution in [2.75, 3.05) is 18.4 Å². The van der Waals surface area contributed by atoms with Crippen molar-refractivity contribution in [3.8, 4) is 0 Å². The molecule has 0 atom stereocenters. The number of amides is 2. The van der Waals surface area contributed by atoms with Gasteiger partial charge in [0.1, 0.15) is 0 Å². The summed E-state index contributed by atoms with van der Waals surface area (Å²) in [6, 6.07) is 5.94. The van der Waals surface area contributed by atoms with E-state index in [1.165, 1.54) is 11.0 Å². The van der Waals surface area contributed by atoms with Gasteiger partial charge in [-0.15, -0.1) is 0 Å².